The van der Waals surface area contributed by atoms with Crippen LogP contribution in [0.4, 0.5) is 17.2 Å². The fraction of sp³-hybridized carbons (Fsp3) is 0.190. The lowest BCUT2D eigenvalue weighted by molar-refractivity contribution is 0.102. The van der Waals surface area contributed by atoms with Crippen LogP contribution >= 0.6 is 0 Å². The molecule has 0 aliphatic rings. The van der Waals surface area contributed by atoms with Gasteiger partial charge >= 0.3 is 0 Å². The predicted molar refractivity (Wildman–Crippen MR) is 109 cm³/mol. The Morgan fingerprint density at radius 3 is 2.46 bits per heavy atom. The highest BCUT2D eigenvalue weighted by atomic mass is 16.5. The summed E-state index contributed by atoms with van der Waals surface area (Å²) in [5, 5.41) is 6.04. The number of rotatable bonds is 6. The molecule has 0 aliphatic heterocycles. The van der Waals surface area contributed by atoms with Gasteiger partial charge in [0.15, 0.2) is 11.5 Å². The van der Waals surface area contributed by atoms with Crippen LogP contribution in [0.25, 0.3) is 0 Å². The minimum Gasteiger partial charge on any atom is -0.493 e. The lowest BCUT2D eigenvalue weighted by atomic mass is 10.1. The van der Waals surface area contributed by atoms with Crippen molar-refractivity contribution in [1.82, 2.24) is 9.97 Å². The largest absolute Gasteiger partial charge is 0.493 e. The highest BCUT2D eigenvalue weighted by Crippen LogP contribution is 2.30. The second kappa shape index (κ2) is 8.39. The maximum absolute atomic E-state index is 12.6. The van der Waals surface area contributed by atoms with Gasteiger partial charge in [-0.25, -0.2) is 9.97 Å². The Morgan fingerprint density at radius 1 is 0.929 bits per heavy atom. The van der Waals surface area contributed by atoms with Crippen LogP contribution < -0.4 is 20.1 Å². The van der Waals surface area contributed by atoms with E-state index in [9.17, 15) is 4.79 Å². The molecule has 0 spiro atoms. The number of nitrogens with one attached hydrogen (secondary N) is 2. The van der Waals surface area contributed by atoms with Gasteiger partial charge in [0, 0.05) is 23.5 Å². The van der Waals surface area contributed by atoms with Crippen LogP contribution in [0.1, 0.15) is 21.6 Å². The molecule has 0 saturated heterocycles. The first kappa shape index (κ1) is 19.2. The van der Waals surface area contributed by atoms with Gasteiger partial charge in [0.1, 0.15) is 17.8 Å². The Labute approximate surface area is 163 Å². The normalized spacial score (nSPS) is 10.3. The lowest BCUT2D eigenvalue weighted by Gasteiger charge is -2.12. The molecule has 7 heteroatoms. The standard InChI is InChI=1S/C21H22N4O3/c1-13-5-6-14(2)16(9-13)25-21(26)17-11-20(23-12-22-17)24-15-7-8-18(27-3)19(10-15)28-4/h5-12H,1-4H3,(H,25,26)(H,22,23,24). The highest BCUT2D eigenvalue weighted by Gasteiger charge is 2.12. The molecule has 0 aliphatic carbocycles. The number of carbonyl (C=O) groups is 1. The molecule has 144 valence electrons. The van der Waals surface area contributed by atoms with Crippen LogP contribution in [0, 0.1) is 13.8 Å². The van der Waals surface area contributed by atoms with Crippen LogP contribution in [-0.2, 0) is 0 Å². The van der Waals surface area contributed by atoms with Gasteiger partial charge in [-0.2, -0.15) is 0 Å². The Morgan fingerprint density at radius 2 is 1.71 bits per heavy atom. The van der Waals surface area contributed by atoms with E-state index in [0.717, 1.165) is 22.5 Å². The molecule has 0 saturated carbocycles. The van der Waals surface area contributed by atoms with E-state index in [4.69, 9.17) is 9.47 Å². The average Bonchev–Trinajstić information content (AvgIpc) is 2.70. The van der Waals surface area contributed by atoms with Crippen molar-refractivity contribution in [3.63, 3.8) is 0 Å². The maximum Gasteiger partial charge on any atom is 0.274 e. The van der Waals surface area contributed by atoms with E-state index in [1.807, 2.05) is 38.1 Å². The molecule has 28 heavy (non-hydrogen) atoms. The zero-order valence-electron chi connectivity index (χ0n) is 16.2. The molecule has 2 aromatic carbocycles. The molecular weight excluding hydrogens is 356 g/mol. The minimum atomic E-state index is -0.300. The summed E-state index contributed by atoms with van der Waals surface area (Å²) < 4.78 is 10.5. The van der Waals surface area contributed by atoms with Crippen LogP contribution in [0.5, 0.6) is 11.5 Å². The highest BCUT2D eigenvalue weighted by molar-refractivity contribution is 6.03. The monoisotopic (exact) mass is 378 g/mol. The summed E-state index contributed by atoms with van der Waals surface area (Å²) in [7, 11) is 3.15. The summed E-state index contributed by atoms with van der Waals surface area (Å²) in [4.78, 5) is 20.9. The summed E-state index contributed by atoms with van der Waals surface area (Å²) in [6.07, 6.45) is 1.35. The van der Waals surface area contributed by atoms with Gasteiger partial charge in [0.05, 0.1) is 14.2 Å². The number of aromatic nitrogens is 2. The van der Waals surface area contributed by atoms with E-state index in [1.54, 1.807) is 32.4 Å². The number of anilines is 3. The molecular formula is C21H22N4O3. The SMILES string of the molecule is COc1ccc(Nc2cc(C(=O)Nc3cc(C)ccc3C)ncn2)cc1OC. The van der Waals surface area contributed by atoms with Crippen molar-refractivity contribution in [2.24, 2.45) is 0 Å². The molecule has 1 amide bonds. The molecule has 1 aromatic heterocycles. The number of aryl methyl sites for hydroxylation is 2. The summed E-state index contributed by atoms with van der Waals surface area (Å²) >= 11 is 0. The smallest absolute Gasteiger partial charge is 0.274 e. The van der Waals surface area contributed by atoms with Gasteiger partial charge in [0.25, 0.3) is 5.91 Å². The number of carbonyl (C=O) groups excluding carboxylic acids is 1. The van der Waals surface area contributed by atoms with E-state index < -0.39 is 0 Å². The summed E-state index contributed by atoms with van der Waals surface area (Å²) in [6, 6.07) is 12.9. The summed E-state index contributed by atoms with van der Waals surface area (Å²) in [6.45, 7) is 3.92. The molecule has 0 atom stereocenters. The zero-order valence-corrected chi connectivity index (χ0v) is 16.2. The molecule has 1 heterocycles. The number of hydrogen-bond donors (Lipinski definition) is 2. The first-order valence-electron chi connectivity index (χ1n) is 8.70. The Balaban J connectivity index is 1.78. The number of benzene rings is 2. The third-order valence-electron chi connectivity index (χ3n) is 4.20. The molecule has 3 aromatic rings. The number of amides is 1. The first-order chi connectivity index (χ1) is 13.5. The van der Waals surface area contributed by atoms with Crippen molar-refractivity contribution < 1.29 is 14.3 Å². The van der Waals surface area contributed by atoms with Gasteiger partial charge in [0.2, 0.25) is 0 Å². The maximum atomic E-state index is 12.6. The Bertz CT molecular complexity index is 1000. The van der Waals surface area contributed by atoms with Crippen molar-refractivity contribution >= 4 is 23.1 Å². The zero-order chi connectivity index (χ0) is 20.1. The van der Waals surface area contributed by atoms with Crippen LogP contribution in [0.15, 0.2) is 48.8 Å². The molecule has 0 unspecified atom stereocenters. The van der Waals surface area contributed by atoms with Crippen LogP contribution in [0.3, 0.4) is 0 Å². The van der Waals surface area contributed by atoms with E-state index in [0.29, 0.717) is 17.3 Å². The van der Waals surface area contributed by atoms with Crippen molar-refractivity contribution in [2.75, 3.05) is 24.9 Å². The molecule has 3 rings (SSSR count). The molecule has 7 nitrogen and oxygen atoms in total. The van der Waals surface area contributed by atoms with Crippen LogP contribution in [-0.4, -0.2) is 30.1 Å². The summed E-state index contributed by atoms with van der Waals surface area (Å²) in [5.74, 6) is 1.42. The third kappa shape index (κ3) is 4.37. The van der Waals surface area contributed by atoms with E-state index >= 15 is 0 Å². The van der Waals surface area contributed by atoms with Gasteiger partial charge in [-0.1, -0.05) is 12.1 Å². The van der Waals surface area contributed by atoms with Crippen molar-refractivity contribution in [3.8, 4) is 11.5 Å². The second-order valence-corrected chi connectivity index (χ2v) is 6.26. The first-order valence-corrected chi connectivity index (χ1v) is 8.70. The van der Waals surface area contributed by atoms with E-state index in [2.05, 4.69) is 20.6 Å². The number of ether oxygens (including phenoxy) is 2. The van der Waals surface area contributed by atoms with Gasteiger partial charge in [-0.15, -0.1) is 0 Å². The molecule has 2 N–H and O–H groups in total. The van der Waals surface area contributed by atoms with Crippen molar-refractivity contribution in [3.05, 3.63) is 65.6 Å². The fourth-order valence-electron chi connectivity index (χ4n) is 2.67. The quantitative estimate of drug-likeness (QED) is 0.671. The number of methoxy groups -OCH3 is 2. The minimum absolute atomic E-state index is 0.263. The van der Waals surface area contributed by atoms with Crippen molar-refractivity contribution in [2.45, 2.75) is 13.8 Å². The molecule has 0 radical (unpaired) electrons. The molecule has 0 bridgehead atoms. The van der Waals surface area contributed by atoms with E-state index in [1.165, 1.54) is 6.33 Å². The second-order valence-electron chi connectivity index (χ2n) is 6.26. The average molecular weight is 378 g/mol. The molecule has 0 fully saturated rings. The van der Waals surface area contributed by atoms with E-state index in [-0.39, 0.29) is 11.6 Å². The topological polar surface area (TPSA) is 85.4 Å². The van der Waals surface area contributed by atoms with Gasteiger partial charge in [-0.3, -0.25) is 4.79 Å². The Kier molecular flexibility index (Phi) is 5.74. The van der Waals surface area contributed by atoms with Crippen molar-refractivity contribution in [1.29, 1.82) is 0 Å². The van der Waals surface area contributed by atoms with Gasteiger partial charge < -0.3 is 20.1 Å². The predicted octanol–water partition coefficient (Wildman–Crippen LogP) is 4.11. The Hall–Kier alpha value is -3.61. The van der Waals surface area contributed by atoms with Crippen LogP contribution in [0.2, 0.25) is 0 Å². The van der Waals surface area contributed by atoms with Gasteiger partial charge in [-0.05, 0) is 43.2 Å². The lowest BCUT2D eigenvalue weighted by Crippen LogP contribution is -2.15. The number of hydrogen-bond acceptors (Lipinski definition) is 6. The number of nitrogens with zero attached hydrogens (tertiary/aromatic N) is 2. The fourth-order valence-corrected chi connectivity index (χ4v) is 2.67. The third-order valence-corrected chi connectivity index (χ3v) is 4.20. The summed E-state index contributed by atoms with van der Waals surface area (Å²) in [5.41, 5.74) is 3.82.